The first-order chi connectivity index (χ1) is 14.2. The van der Waals surface area contributed by atoms with Crippen molar-refractivity contribution in [3.63, 3.8) is 0 Å². The predicted octanol–water partition coefficient (Wildman–Crippen LogP) is 4.31. The van der Waals surface area contributed by atoms with Crippen molar-refractivity contribution in [2.75, 3.05) is 24.5 Å². The molecular weight excluding hydrogens is 362 g/mol. The number of fused-ring (bicyclic) bond motifs is 1. The van der Waals surface area contributed by atoms with E-state index >= 15 is 0 Å². The van der Waals surface area contributed by atoms with Crippen molar-refractivity contribution < 1.29 is 4.79 Å². The van der Waals surface area contributed by atoms with Crippen LogP contribution < -0.4 is 10.2 Å². The van der Waals surface area contributed by atoms with Gasteiger partial charge in [-0.1, -0.05) is 51.2 Å². The molecule has 1 fully saturated rings. The second-order valence-corrected chi connectivity index (χ2v) is 7.74. The summed E-state index contributed by atoms with van der Waals surface area (Å²) in [6, 6.07) is 9.85. The quantitative estimate of drug-likeness (QED) is 0.676. The molecule has 0 unspecified atom stereocenters. The van der Waals surface area contributed by atoms with Crippen molar-refractivity contribution in [2.24, 2.45) is 0 Å². The van der Waals surface area contributed by atoms with Crippen LogP contribution in [0.5, 0.6) is 0 Å². The molecule has 1 aliphatic heterocycles. The van der Waals surface area contributed by atoms with Crippen molar-refractivity contribution in [1.29, 1.82) is 5.26 Å². The van der Waals surface area contributed by atoms with E-state index in [1.54, 1.807) is 0 Å². The Labute approximate surface area is 173 Å². The van der Waals surface area contributed by atoms with Crippen LogP contribution in [0.1, 0.15) is 69.9 Å². The molecule has 1 aliphatic rings. The summed E-state index contributed by atoms with van der Waals surface area (Å²) >= 11 is 0. The van der Waals surface area contributed by atoms with Crippen LogP contribution in [0.25, 0.3) is 11.0 Å². The number of nitrogens with zero attached hydrogens (tertiary/aromatic N) is 4. The average molecular weight is 394 g/mol. The summed E-state index contributed by atoms with van der Waals surface area (Å²) in [7, 11) is 0. The topological polar surface area (TPSA) is 81.9 Å². The molecule has 1 amide bonds. The highest BCUT2D eigenvalue weighted by molar-refractivity contribution is 5.88. The second-order valence-electron chi connectivity index (χ2n) is 7.74. The normalized spacial score (nSPS) is 15.5. The number of nitrogens with one attached hydrogen (secondary N) is 1. The molecule has 2 heterocycles. The number of carbonyl (C=O) groups excluding carboxylic acids is 1. The highest BCUT2D eigenvalue weighted by Crippen LogP contribution is 2.29. The molecule has 1 aromatic heterocycles. The summed E-state index contributed by atoms with van der Waals surface area (Å²) in [6.07, 6.45) is 8.92. The lowest BCUT2D eigenvalue weighted by atomic mass is 10.0. The molecule has 29 heavy (non-hydrogen) atoms. The lowest BCUT2D eigenvalue weighted by Crippen LogP contribution is -2.33. The fourth-order valence-corrected chi connectivity index (χ4v) is 3.82. The van der Waals surface area contributed by atoms with E-state index in [4.69, 9.17) is 9.97 Å². The van der Waals surface area contributed by atoms with Crippen LogP contribution in [0.3, 0.4) is 0 Å². The van der Waals surface area contributed by atoms with E-state index < -0.39 is 5.92 Å². The van der Waals surface area contributed by atoms with E-state index in [0.717, 1.165) is 62.6 Å². The number of para-hydroxylation sites is 2. The molecule has 6 nitrogen and oxygen atoms in total. The smallest absolute Gasteiger partial charge is 0.243 e. The summed E-state index contributed by atoms with van der Waals surface area (Å²) in [4.78, 5) is 24.6. The van der Waals surface area contributed by atoms with Crippen molar-refractivity contribution in [1.82, 2.24) is 15.3 Å². The number of carbonyl (C=O) groups is 1. The van der Waals surface area contributed by atoms with Gasteiger partial charge < -0.3 is 10.2 Å². The number of amides is 1. The van der Waals surface area contributed by atoms with Crippen LogP contribution in [-0.2, 0) is 4.79 Å². The maximum absolute atomic E-state index is 12.8. The van der Waals surface area contributed by atoms with Gasteiger partial charge in [-0.05, 0) is 31.4 Å². The molecular formula is C23H31N5O. The summed E-state index contributed by atoms with van der Waals surface area (Å²) in [5.41, 5.74) is 2.00. The Kier molecular flexibility index (Phi) is 7.80. The van der Waals surface area contributed by atoms with Crippen molar-refractivity contribution >= 4 is 22.8 Å². The first kappa shape index (κ1) is 21.0. The van der Waals surface area contributed by atoms with Gasteiger partial charge in [-0.2, -0.15) is 5.26 Å². The van der Waals surface area contributed by atoms with Gasteiger partial charge in [-0.3, -0.25) is 4.79 Å². The minimum absolute atomic E-state index is 0.273. The maximum Gasteiger partial charge on any atom is 0.243 e. The molecule has 0 saturated carbocycles. The monoisotopic (exact) mass is 393 g/mol. The fraction of sp³-hybridized carbons (Fsp3) is 0.565. The van der Waals surface area contributed by atoms with E-state index in [2.05, 4.69) is 23.2 Å². The summed E-state index contributed by atoms with van der Waals surface area (Å²) in [5, 5.41) is 12.8. The molecule has 2 aromatic rings. The maximum atomic E-state index is 12.8. The Hall–Kier alpha value is -2.68. The van der Waals surface area contributed by atoms with Crippen LogP contribution in [0.4, 0.5) is 5.82 Å². The Morgan fingerprint density at radius 3 is 2.45 bits per heavy atom. The van der Waals surface area contributed by atoms with Crippen LogP contribution in [-0.4, -0.2) is 35.5 Å². The minimum Gasteiger partial charge on any atom is -0.355 e. The van der Waals surface area contributed by atoms with Gasteiger partial charge in [0.05, 0.1) is 17.1 Å². The van der Waals surface area contributed by atoms with Crippen molar-refractivity contribution in [3.05, 3.63) is 30.0 Å². The molecule has 6 heteroatoms. The van der Waals surface area contributed by atoms with Crippen LogP contribution >= 0.6 is 0 Å². The van der Waals surface area contributed by atoms with Gasteiger partial charge in [0, 0.05) is 19.6 Å². The third kappa shape index (κ3) is 5.44. The van der Waals surface area contributed by atoms with Crippen LogP contribution in [0, 0.1) is 11.3 Å². The zero-order valence-corrected chi connectivity index (χ0v) is 17.4. The number of hydrogen-bond acceptors (Lipinski definition) is 5. The van der Waals surface area contributed by atoms with Gasteiger partial charge in [0.15, 0.2) is 11.7 Å². The van der Waals surface area contributed by atoms with Gasteiger partial charge >= 0.3 is 0 Å². The number of hydrogen-bond donors (Lipinski definition) is 1. The van der Waals surface area contributed by atoms with Gasteiger partial charge in [0.2, 0.25) is 5.91 Å². The Bertz CT molecular complexity index is 852. The zero-order valence-electron chi connectivity index (χ0n) is 17.4. The average Bonchev–Trinajstić information content (AvgIpc) is 3.03. The highest BCUT2D eigenvalue weighted by Gasteiger charge is 2.28. The molecule has 1 aromatic carbocycles. The number of aromatic nitrogens is 2. The lowest BCUT2D eigenvalue weighted by Gasteiger charge is -2.25. The summed E-state index contributed by atoms with van der Waals surface area (Å²) in [5.74, 6) is -0.528. The standard InChI is InChI=1S/C23H31N5O/c1-2-3-4-9-14-25-23(29)18(17-24)21-22(28-15-10-5-6-11-16-28)27-20-13-8-7-12-19(20)26-21/h7-8,12-13,18H,2-6,9-11,14-16H2,1H3,(H,25,29)/t18-/m1/s1. The number of rotatable bonds is 8. The summed E-state index contributed by atoms with van der Waals surface area (Å²) in [6.45, 7) is 4.53. The van der Waals surface area contributed by atoms with E-state index in [1.165, 1.54) is 12.8 Å². The van der Waals surface area contributed by atoms with E-state index in [-0.39, 0.29) is 5.91 Å². The Morgan fingerprint density at radius 2 is 1.79 bits per heavy atom. The molecule has 0 radical (unpaired) electrons. The largest absolute Gasteiger partial charge is 0.355 e. The predicted molar refractivity (Wildman–Crippen MR) is 116 cm³/mol. The Balaban J connectivity index is 1.88. The number of nitriles is 1. The number of benzene rings is 1. The number of unbranched alkanes of at least 4 members (excludes halogenated alkanes) is 3. The molecule has 1 N–H and O–H groups in total. The molecule has 1 atom stereocenters. The molecule has 3 rings (SSSR count). The molecule has 0 spiro atoms. The molecule has 154 valence electrons. The third-order valence-corrected chi connectivity index (χ3v) is 5.48. The number of anilines is 1. The van der Waals surface area contributed by atoms with Gasteiger partial charge in [0.1, 0.15) is 5.69 Å². The van der Waals surface area contributed by atoms with Gasteiger partial charge in [0.25, 0.3) is 0 Å². The SMILES string of the molecule is CCCCCCNC(=O)[C@H](C#N)c1nc2ccccc2nc1N1CCCCCC1. The third-order valence-electron chi connectivity index (χ3n) is 5.48. The van der Waals surface area contributed by atoms with Crippen LogP contribution in [0.15, 0.2) is 24.3 Å². The molecule has 0 aliphatic carbocycles. The summed E-state index contributed by atoms with van der Waals surface area (Å²) < 4.78 is 0. The molecule has 1 saturated heterocycles. The first-order valence-corrected chi connectivity index (χ1v) is 10.9. The van der Waals surface area contributed by atoms with E-state index in [1.807, 2.05) is 24.3 Å². The van der Waals surface area contributed by atoms with Crippen molar-refractivity contribution in [3.8, 4) is 6.07 Å². The fourth-order valence-electron chi connectivity index (χ4n) is 3.82. The van der Waals surface area contributed by atoms with Gasteiger partial charge in [-0.15, -0.1) is 0 Å². The van der Waals surface area contributed by atoms with E-state index in [0.29, 0.717) is 18.1 Å². The Morgan fingerprint density at radius 1 is 1.10 bits per heavy atom. The zero-order chi connectivity index (χ0) is 20.5. The minimum atomic E-state index is -0.948. The lowest BCUT2D eigenvalue weighted by molar-refractivity contribution is -0.121. The molecule has 0 bridgehead atoms. The van der Waals surface area contributed by atoms with Gasteiger partial charge in [-0.25, -0.2) is 9.97 Å². The van der Waals surface area contributed by atoms with E-state index in [9.17, 15) is 10.1 Å². The second kappa shape index (κ2) is 10.8. The van der Waals surface area contributed by atoms with Crippen LogP contribution in [0.2, 0.25) is 0 Å². The first-order valence-electron chi connectivity index (χ1n) is 10.9. The highest BCUT2D eigenvalue weighted by atomic mass is 16.1. The van der Waals surface area contributed by atoms with Crippen molar-refractivity contribution in [2.45, 2.75) is 64.2 Å².